The molecular formula is C12H15BrClNO. The highest BCUT2D eigenvalue weighted by Gasteiger charge is 2.13. The van der Waals surface area contributed by atoms with Gasteiger partial charge in [0.25, 0.3) is 0 Å². The van der Waals surface area contributed by atoms with Crippen LogP contribution in [0.4, 0.5) is 5.69 Å². The van der Waals surface area contributed by atoms with Gasteiger partial charge in [-0.05, 0) is 53.4 Å². The van der Waals surface area contributed by atoms with Crippen LogP contribution in [0.2, 0.25) is 5.02 Å². The Bertz CT molecular complexity index is 353. The number of benzene rings is 1. The molecule has 1 heterocycles. The molecule has 1 atom stereocenters. The maximum Gasteiger partial charge on any atom is 0.0747 e. The van der Waals surface area contributed by atoms with E-state index in [2.05, 4.69) is 21.2 Å². The van der Waals surface area contributed by atoms with Crippen LogP contribution < -0.4 is 5.32 Å². The van der Waals surface area contributed by atoms with E-state index < -0.39 is 0 Å². The number of hydrogen-bond acceptors (Lipinski definition) is 2. The van der Waals surface area contributed by atoms with E-state index in [-0.39, 0.29) is 0 Å². The fourth-order valence-electron chi connectivity index (χ4n) is 1.83. The number of hydrogen-bond donors (Lipinski definition) is 1. The molecule has 1 aliphatic rings. The molecule has 88 valence electrons. The quantitative estimate of drug-likeness (QED) is 0.908. The van der Waals surface area contributed by atoms with Crippen molar-refractivity contribution in [2.24, 2.45) is 0 Å². The largest absolute Gasteiger partial charge is 0.382 e. The number of anilines is 1. The van der Waals surface area contributed by atoms with Crippen LogP contribution in [-0.4, -0.2) is 19.3 Å². The van der Waals surface area contributed by atoms with Gasteiger partial charge in [-0.3, -0.25) is 0 Å². The minimum absolute atomic E-state index is 0.344. The first-order valence-corrected chi connectivity index (χ1v) is 6.73. The van der Waals surface area contributed by atoms with Crippen LogP contribution >= 0.6 is 27.5 Å². The van der Waals surface area contributed by atoms with Crippen LogP contribution in [0.15, 0.2) is 22.7 Å². The minimum atomic E-state index is 0.344. The molecule has 1 fully saturated rings. The maximum atomic E-state index is 5.88. The van der Waals surface area contributed by atoms with Crippen molar-refractivity contribution in [1.82, 2.24) is 0 Å². The first kappa shape index (κ1) is 12.2. The summed E-state index contributed by atoms with van der Waals surface area (Å²) in [6.07, 6.45) is 3.96. The van der Waals surface area contributed by atoms with Gasteiger partial charge in [0.2, 0.25) is 0 Å². The van der Waals surface area contributed by atoms with Gasteiger partial charge in [0, 0.05) is 28.3 Å². The van der Waals surface area contributed by atoms with Gasteiger partial charge in [0.1, 0.15) is 0 Å². The average molecular weight is 305 g/mol. The molecule has 0 saturated carbocycles. The zero-order valence-electron chi connectivity index (χ0n) is 9.01. The average Bonchev–Trinajstić information content (AvgIpc) is 2.29. The molecular weight excluding hydrogens is 289 g/mol. The van der Waals surface area contributed by atoms with Gasteiger partial charge in [0.15, 0.2) is 0 Å². The van der Waals surface area contributed by atoms with E-state index in [1.165, 1.54) is 12.8 Å². The molecule has 1 saturated heterocycles. The van der Waals surface area contributed by atoms with Crippen LogP contribution in [0.3, 0.4) is 0 Å². The fourth-order valence-corrected chi connectivity index (χ4v) is 2.65. The highest BCUT2D eigenvalue weighted by Crippen LogP contribution is 2.26. The molecule has 4 heteroatoms. The number of nitrogens with one attached hydrogen (secondary N) is 1. The Morgan fingerprint density at radius 2 is 2.31 bits per heavy atom. The summed E-state index contributed by atoms with van der Waals surface area (Å²) >= 11 is 9.37. The normalized spacial score (nSPS) is 20.8. The number of ether oxygens (including phenoxy) is 1. The van der Waals surface area contributed by atoms with Gasteiger partial charge >= 0.3 is 0 Å². The fraction of sp³-hybridized carbons (Fsp3) is 0.500. The second-order valence-electron chi connectivity index (χ2n) is 3.99. The molecule has 0 bridgehead atoms. The van der Waals surface area contributed by atoms with Crippen LogP contribution in [0.25, 0.3) is 0 Å². The first-order valence-electron chi connectivity index (χ1n) is 5.56. The van der Waals surface area contributed by atoms with E-state index in [0.29, 0.717) is 6.10 Å². The van der Waals surface area contributed by atoms with Gasteiger partial charge in [0.05, 0.1) is 6.10 Å². The highest BCUT2D eigenvalue weighted by molar-refractivity contribution is 9.10. The Labute approximate surface area is 109 Å². The zero-order chi connectivity index (χ0) is 11.4. The van der Waals surface area contributed by atoms with E-state index in [1.54, 1.807) is 0 Å². The summed E-state index contributed by atoms with van der Waals surface area (Å²) < 4.78 is 6.66. The third-order valence-electron chi connectivity index (χ3n) is 2.73. The van der Waals surface area contributed by atoms with Crippen molar-refractivity contribution in [1.29, 1.82) is 0 Å². The molecule has 0 aromatic heterocycles. The van der Waals surface area contributed by atoms with Gasteiger partial charge in [-0.25, -0.2) is 0 Å². The van der Waals surface area contributed by atoms with E-state index >= 15 is 0 Å². The summed E-state index contributed by atoms with van der Waals surface area (Å²) in [7, 11) is 0. The Morgan fingerprint density at radius 3 is 3.00 bits per heavy atom. The molecule has 1 N–H and O–H groups in total. The Hall–Kier alpha value is -0.250. The first-order chi connectivity index (χ1) is 7.75. The summed E-state index contributed by atoms with van der Waals surface area (Å²) in [5.41, 5.74) is 1.07. The lowest BCUT2D eigenvalue weighted by Gasteiger charge is -2.23. The molecule has 0 amide bonds. The number of rotatable bonds is 3. The van der Waals surface area contributed by atoms with Gasteiger partial charge in [-0.2, -0.15) is 0 Å². The van der Waals surface area contributed by atoms with Crippen LogP contribution in [0.1, 0.15) is 19.3 Å². The van der Waals surface area contributed by atoms with Crippen molar-refractivity contribution in [3.05, 3.63) is 27.7 Å². The predicted molar refractivity (Wildman–Crippen MR) is 71.2 cm³/mol. The van der Waals surface area contributed by atoms with E-state index in [9.17, 15) is 0 Å². The Kier molecular flexibility index (Phi) is 4.50. The van der Waals surface area contributed by atoms with Crippen molar-refractivity contribution in [3.63, 3.8) is 0 Å². The summed E-state index contributed by atoms with van der Waals surface area (Å²) in [6, 6.07) is 5.76. The summed E-state index contributed by atoms with van der Waals surface area (Å²) in [5.74, 6) is 0. The van der Waals surface area contributed by atoms with Crippen LogP contribution in [-0.2, 0) is 4.74 Å². The van der Waals surface area contributed by atoms with Crippen molar-refractivity contribution in [2.75, 3.05) is 18.5 Å². The molecule has 1 aliphatic heterocycles. The highest BCUT2D eigenvalue weighted by atomic mass is 79.9. The molecule has 2 nitrogen and oxygen atoms in total. The van der Waals surface area contributed by atoms with Crippen molar-refractivity contribution in [3.8, 4) is 0 Å². The predicted octanol–water partition coefficient (Wildman–Crippen LogP) is 4.08. The second-order valence-corrected chi connectivity index (χ2v) is 5.28. The molecule has 0 aliphatic carbocycles. The summed E-state index contributed by atoms with van der Waals surface area (Å²) in [5, 5.41) is 4.12. The lowest BCUT2D eigenvalue weighted by molar-refractivity contribution is 0.0247. The lowest BCUT2D eigenvalue weighted by Crippen LogP contribution is -2.27. The lowest BCUT2D eigenvalue weighted by atomic mass is 10.1. The molecule has 16 heavy (non-hydrogen) atoms. The second kappa shape index (κ2) is 5.89. The minimum Gasteiger partial charge on any atom is -0.382 e. The third-order valence-corrected chi connectivity index (χ3v) is 3.62. The molecule has 0 spiro atoms. The van der Waals surface area contributed by atoms with Crippen molar-refractivity contribution in [2.45, 2.75) is 25.4 Å². The SMILES string of the molecule is Clc1ccc(NCC2CCCCO2)c(Br)c1. The third kappa shape index (κ3) is 3.37. The van der Waals surface area contributed by atoms with Crippen LogP contribution in [0, 0.1) is 0 Å². The smallest absolute Gasteiger partial charge is 0.0747 e. The zero-order valence-corrected chi connectivity index (χ0v) is 11.4. The van der Waals surface area contributed by atoms with E-state index in [1.807, 2.05) is 18.2 Å². The maximum absolute atomic E-state index is 5.88. The molecule has 1 aromatic carbocycles. The number of halogens is 2. The molecule has 1 aromatic rings. The molecule has 1 unspecified atom stereocenters. The van der Waals surface area contributed by atoms with Crippen molar-refractivity contribution >= 4 is 33.2 Å². The van der Waals surface area contributed by atoms with Crippen LogP contribution in [0.5, 0.6) is 0 Å². The Morgan fingerprint density at radius 1 is 1.44 bits per heavy atom. The topological polar surface area (TPSA) is 21.3 Å². The monoisotopic (exact) mass is 303 g/mol. The van der Waals surface area contributed by atoms with Gasteiger partial charge in [-0.15, -0.1) is 0 Å². The Balaban J connectivity index is 1.88. The summed E-state index contributed by atoms with van der Waals surface area (Å²) in [4.78, 5) is 0. The summed E-state index contributed by atoms with van der Waals surface area (Å²) in [6.45, 7) is 1.76. The molecule has 2 rings (SSSR count). The standard InChI is InChI=1S/C12H15BrClNO/c13-11-7-9(14)4-5-12(11)15-8-10-3-1-2-6-16-10/h4-5,7,10,15H,1-3,6,8H2. The molecule has 0 radical (unpaired) electrons. The van der Waals surface area contributed by atoms with Gasteiger partial charge in [-0.1, -0.05) is 11.6 Å². The van der Waals surface area contributed by atoms with E-state index in [4.69, 9.17) is 16.3 Å². The van der Waals surface area contributed by atoms with Crippen molar-refractivity contribution < 1.29 is 4.74 Å². The van der Waals surface area contributed by atoms with Gasteiger partial charge < -0.3 is 10.1 Å². The van der Waals surface area contributed by atoms with E-state index in [0.717, 1.165) is 34.8 Å².